The lowest BCUT2D eigenvalue weighted by Crippen LogP contribution is -2.19. The van der Waals surface area contributed by atoms with Gasteiger partial charge in [0.1, 0.15) is 0 Å². The molecule has 2 aliphatic rings. The van der Waals surface area contributed by atoms with Gasteiger partial charge < -0.3 is 5.11 Å². The molecule has 0 spiro atoms. The first-order valence-electron chi connectivity index (χ1n) is 17.9. The van der Waals surface area contributed by atoms with E-state index in [4.69, 9.17) is 0 Å². The fourth-order valence-corrected chi connectivity index (χ4v) is 8.33. The number of hydrogen-bond donors (Lipinski definition) is 1. The molecule has 43 heavy (non-hydrogen) atoms. The highest BCUT2D eigenvalue weighted by Gasteiger charge is 2.25. The Balaban J connectivity index is 1.04. The van der Waals surface area contributed by atoms with Gasteiger partial charge in [0, 0.05) is 6.61 Å². The summed E-state index contributed by atoms with van der Waals surface area (Å²) in [5.41, 5.74) is 7.33. The Morgan fingerprint density at radius 3 is 2.00 bits per heavy atom. The van der Waals surface area contributed by atoms with Gasteiger partial charge in [0.05, 0.1) is 0 Å². The molecule has 1 nitrogen and oxygen atoms in total. The van der Waals surface area contributed by atoms with Gasteiger partial charge in [-0.2, -0.15) is 0 Å². The Morgan fingerprint density at radius 1 is 0.721 bits per heavy atom. The summed E-state index contributed by atoms with van der Waals surface area (Å²) in [5.74, 6) is 3.53. The number of benzene rings is 3. The highest BCUT2D eigenvalue weighted by molar-refractivity contribution is 5.84. The van der Waals surface area contributed by atoms with Gasteiger partial charge in [-0.1, -0.05) is 112 Å². The molecule has 1 N–H and O–H groups in total. The Bertz CT molecular complexity index is 1270. The molecule has 3 aromatic carbocycles. The maximum Gasteiger partial charge on any atom is 0.0462 e. The van der Waals surface area contributed by atoms with E-state index in [-0.39, 0.29) is 0 Å². The minimum absolute atomic E-state index is 0.314. The largest absolute Gasteiger partial charge is 0.396 e. The zero-order chi connectivity index (χ0) is 30.0. The molecule has 0 amide bonds. The predicted octanol–water partition coefficient (Wildman–Crippen LogP) is 11.7. The van der Waals surface area contributed by atoms with E-state index in [0.717, 1.165) is 24.2 Å². The molecule has 0 aliphatic heterocycles. The molecule has 0 bridgehead atoms. The summed E-state index contributed by atoms with van der Waals surface area (Å²) in [6, 6.07) is 24.2. The van der Waals surface area contributed by atoms with Crippen LogP contribution in [-0.2, 0) is 12.8 Å². The van der Waals surface area contributed by atoms with Crippen LogP contribution in [-0.4, -0.2) is 11.7 Å². The van der Waals surface area contributed by atoms with Crippen molar-refractivity contribution in [1.29, 1.82) is 0 Å². The molecule has 3 aromatic rings. The topological polar surface area (TPSA) is 20.2 Å². The standard InChI is InChI=1S/C42H58O/c1-4-5-6-7-34-16-19-42-29-41(25-24-40(42)28-34)39-22-20-38(21-23-39)37-17-14-33(15-18-37)9-8-32-10-12-35(13-11-32)27-36(30-43)26-31(2)3/h14-19,24-25,28-29,32,35-36,38-39,43H,2,4-13,20-23,26-27,30H2,1,3H3. The second kappa shape index (κ2) is 16.1. The van der Waals surface area contributed by atoms with Crippen LogP contribution in [0.3, 0.4) is 0 Å². The molecule has 0 heterocycles. The van der Waals surface area contributed by atoms with Crippen LogP contribution < -0.4 is 0 Å². The van der Waals surface area contributed by atoms with Crippen LogP contribution in [0.25, 0.3) is 10.8 Å². The zero-order valence-corrected chi connectivity index (χ0v) is 27.3. The van der Waals surface area contributed by atoms with Crippen LogP contribution in [0.2, 0.25) is 0 Å². The molecule has 1 unspecified atom stereocenters. The van der Waals surface area contributed by atoms with E-state index in [0.29, 0.717) is 18.4 Å². The zero-order valence-electron chi connectivity index (χ0n) is 27.3. The number of allylic oxidation sites excluding steroid dienone is 1. The van der Waals surface area contributed by atoms with Crippen molar-refractivity contribution >= 4 is 10.8 Å². The minimum atomic E-state index is 0.314. The molecule has 0 saturated heterocycles. The summed E-state index contributed by atoms with van der Waals surface area (Å²) in [6.07, 6.45) is 20.5. The van der Waals surface area contributed by atoms with Gasteiger partial charge in [-0.25, -0.2) is 0 Å². The van der Waals surface area contributed by atoms with E-state index in [1.807, 2.05) is 0 Å². The summed E-state index contributed by atoms with van der Waals surface area (Å²) in [5, 5.41) is 12.6. The number of aliphatic hydroxyl groups excluding tert-OH is 1. The second-order valence-corrected chi connectivity index (χ2v) is 14.6. The van der Waals surface area contributed by atoms with E-state index in [2.05, 4.69) is 81.1 Å². The lowest BCUT2D eigenvalue weighted by molar-refractivity contribution is 0.170. The predicted molar refractivity (Wildman–Crippen MR) is 186 cm³/mol. The van der Waals surface area contributed by atoms with Gasteiger partial charge >= 0.3 is 0 Å². The van der Waals surface area contributed by atoms with Gasteiger partial charge in [-0.15, -0.1) is 6.58 Å². The van der Waals surface area contributed by atoms with Crippen molar-refractivity contribution in [2.24, 2.45) is 17.8 Å². The summed E-state index contributed by atoms with van der Waals surface area (Å²) < 4.78 is 0. The normalized spacial score (nSPS) is 23.3. The highest BCUT2D eigenvalue weighted by Crippen LogP contribution is 2.41. The lowest BCUT2D eigenvalue weighted by atomic mass is 9.75. The summed E-state index contributed by atoms with van der Waals surface area (Å²) >= 11 is 0. The number of unbranched alkanes of at least 4 members (excludes halogenated alkanes) is 2. The summed E-state index contributed by atoms with van der Waals surface area (Å²) in [6.45, 7) is 8.74. The fourth-order valence-electron chi connectivity index (χ4n) is 8.33. The number of rotatable bonds is 14. The first kappa shape index (κ1) is 32.0. The first-order valence-corrected chi connectivity index (χ1v) is 17.9. The van der Waals surface area contributed by atoms with Gasteiger partial charge in [-0.3, -0.25) is 0 Å². The maximum atomic E-state index is 9.75. The van der Waals surface area contributed by atoms with Crippen LogP contribution in [0.5, 0.6) is 0 Å². The molecule has 5 rings (SSSR count). The molecule has 232 valence electrons. The molecule has 0 radical (unpaired) electrons. The Hall–Kier alpha value is -2.38. The molecule has 0 aromatic heterocycles. The Labute approximate surface area is 263 Å². The molecule has 1 heteroatoms. The van der Waals surface area contributed by atoms with E-state index < -0.39 is 0 Å². The van der Waals surface area contributed by atoms with Crippen LogP contribution in [0.1, 0.15) is 138 Å². The third kappa shape index (κ3) is 9.31. The van der Waals surface area contributed by atoms with Crippen molar-refractivity contribution in [3.8, 4) is 0 Å². The first-order chi connectivity index (χ1) is 21.0. The lowest BCUT2D eigenvalue weighted by Gasteiger charge is -2.31. The number of hydrogen-bond acceptors (Lipinski definition) is 1. The summed E-state index contributed by atoms with van der Waals surface area (Å²) in [7, 11) is 0. The molecular weight excluding hydrogens is 520 g/mol. The molecule has 1 atom stereocenters. The van der Waals surface area contributed by atoms with Crippen LogP contribution in [0.4, 0.5) is 0 Å². The number of aliphatic hydroxyl groups is 1. The molecule has 2 aliphatic carbocycles. The third-order valence-corrected chi connectivity index (χ3v) is 11.0. The van der Waals surface area contributed by atoms with Gasteiger partial charge in [0.25, 0.3) is 0 Å². The molecular formula is C42H58O. The van der Waals surface area contributed by atoms with Crippen molar-refractivity contribution in [2.75, 3.05) is 6.61 Å². The van der Waals surface area contributed by atoms with Crippen molar-refractivity contribution in [3.63, 3.8) is 0 Å². The quantitative estimate of drug-likeness (QED) is 0.149. The van der Waals surface area contributed by atoms with E-state index >= 15 is 0 Å². The van der Waals surface area contributed by atoms with Gasteiger partial charge in [0.15, 0.2) is 0 Å². The molecule has 2 saturated carbocycles. The van der Waals surface area contributed by atoms with Crippen LogP contribution in [0.15, 0.2) is 72.8 Å². The molecule has 2 fully saturated rings. The summed E-state index contributed by atoms with van der Waals surface area (Å²) in [4.78, 5) is 0. The highest BCUT2D eigenvalue weighted by atomic mass is 16.3. The maximum absolute atomic E-state index is 9.75. The van der Waals surface area contributed by atoms with E-state index in [1.165, 1.54) is 124 Å². The van der Waals surface area contributed by atoms with Crippen molar-refractivity contribution in [2.45, 2.75) is 128 Å². The van der Waals surface area contributed by atoms with Crippen molar-refractivity contribution < 1.29 is 5.11 Å². The SMILES string of the molecule is C=C(C)CC(CO)CC1CCC(CCc2ccc(C3CCC(c4ccc5cc(CCCCC)ccc5c4)CC3)cc2)CC1. The smallest absolute Gasteiger partial charge is 0.0462 e. The number of aryl methyl sites for hydroxylation is 2. The van der Waals surface area contributed by atoms with Crippen molar-refractivity contribution in [3.05, 3.63) is 95.1 Å². The average Bonchev–Trinajstić information content (AvgIpc) is 3.04. The monoisotopic (exact) mass is 578 g/mol. The minimum Gasteiger partial charge on any atom is -0.396 e. The number of fused-ring (bicyclic) bond motifs is 1. The van der Waals surface area contributed by atoms with Gasteiger partial charge in [-0.05, 0) is 134 Å². The van der Waals surface area contributed by atoms with Crippen molar-refractivity contribution in [1.82, 2.24) is 0 Å². The fraction of sp³-hybridized carbons (Fsp3) is 0.571. The Kier molecular flexibility index (Phi) is 12.0. The Morgan fingerprint density at radius 2 is 1.33 bits per heavy atom. The van der Waals surface area contributed by atoms with E-state index in [1.54, 1.807) is 11.1 Å². The third-order valence-electron chi connectivity index (χ3n) is 11.0. The second-order valence-electron chi connectivity index (χ2n) is 14.6. The average molecular weight is 579 g/mol. The van der Waals surface area contributed by atoms with Crippen LogP contribution in [0, 0.1) is 17.8 Å². The van der Waals surface area contributed by atoms with E-state index in [9.17, 15) is 5.11 Å². The van der Waals surface area contributed by atoms with Crippen LogP contribution >= 0.6 is 0 Å². The van der Waals surface area contributed by atoms with Gasteiger partial charge in [0.2, 0.25) is 0 Å².